The number of esters is 4. The van der Waals surface area contributed by atoms with Crippen LogP contribution in [-0.2, 0) is 42.9 Å². The van der Waals surface area contributed by atoms with E-state index >= 15 is 0 Å². The molecule has 62 heavy (non-hydrogen) atoms. The monoisotopic (exact) mass is 854 g/mol. The largest absolute Gasteiger partial charge is 0.508 e. The molecule has 0 radical (unpaired) electrons. The summed E-state index contributed by atoms with van der Waals surface area (Å²) in [6, 6.07) is 17.1. The third-order valence-electron chi connectivity index (χ3n) is 9.05. The molecule has 0 saturated carbocycles. The van der Waals surface area contributed by atoms with E-state index in [2.05, 4.69) is 0 Å². The van der Waals surface area contributed by atoms with E-state index in [9.17, 15) is 49.5 Å². The van der Waals surface area contributed by atoms with Crippen LogP contribution in [0.5, 0.6) is 40.2 Å². The maximum atomic E-state index is 14.3. The Hall–Kier alpha value is -7.99. The van der Waals surface area contributed by atoms with E-state index in [4.69, 9.17) is 37.6 Å². The Bertz CT molecular complexity index is 2590. The van der Waals surface area contributed by atoms with Crippen molar-refractivity contribution in [2.75, 3.05) is 13.7 Å². The van der Waals surface area contributed by atoms with Gasteiger partial charge in [0.05, 0.1) is 7.11 Å². The van der Waals surface area contributed by atoms with Gasteiger partial charge < -0.3 is 63.1 Å². The van der Waals surface area contributed by atoms with Crippen molar-refractivity contribution in [2.45, 2.75) is 44.6 Å². The van der Waals surface area contributed by atoms with Gasteiger partial charge in [0.2, 0.25) is 23.6 Å². The number of hydrogen-bond donors (Lipinski definition) is 5. The summed E-state index contributed by atoms with van der Waals surface area (Å²) in [6.07, 6.45) is -4.42. The van der Waals surface area contributed by atoms with Gasteiger partial charge in [0.1, 0.15) is 46.7 Å². The lowest BCUT2D eigenvalue weighted by atomic mass is 9.98. The average Bonchev–Trinajstić information content (AvgIpc) is 3.22. The number of benzene rings is 4. The van der Waals surface area contributed by atoms with E-state index in [-0.39, 0.29) is 39.9 Å². The van der Waals surface area contributed by atoms with Gasteiger partial charge in [-0.3, -0.25) is 14.4 Å². The topological polar surface area (TPSA) is 264 Å². The number of fused-ring (bicyclic) bond motifs is 1. The van der Waals surface area contributed by atoms with Crippen molar-refractivity contribution < 1.29 is 82.3 Å². The van der Waals surface area contributed by atoms with Crippen molar-refractivity contribution in [3.63, 3.8) is 0 Å². The number of ether oxygens (including phenoxy) is 7. The standard InChI is InChI=1S/C44H38O18/c1-22(45)56-21-34-40(60-35(52)17-8-25-6-15-30(50)32(18-25)55-3)42(57-23(2)46)43(61-36(53)16-7-24-4-11-27(47)12-5-24)44(59-34)62-41-38(54)37-31(51)19-29(49)20-33(37)58-39(41)26-9-13-28(48)14-10-26/h4-20,34,40,42-44,47-51H,21H2,1-3H3. The maximum Gasteiger partial charge on any atom is 0.331 e. The fourth-order valence-corrected chi connectivity index (χ4v) is 6.25. The van der Waals surface area contributed by atoms with Gasteiger partial charge in [-0.2, -0.15) is 0 Å². The normalized spacial score (nSPS) is 18.6. The van der Waals surface area contributed by atoms with E-state index in [1.54, 1.807) is 0 Å². The summed E-state index contributed by atoms with van der Waals surface area (Å²) in [5.74, 6) is -6.37. The Morgan fingerprint density at radius 3 is 1.92 bits per heavy atom. The Morgan fingerprint density at radius 2 is 1.29 bits per heavy atom. The first-order valence-corrected chi connectivity index (χ1v) is 18.5. The molecule has 4 aromatic carbocycles. The van der Waals surface area contributed by atoms with Crippen LogP contribution >= 0.6 is 0 Å². The van der Waals surface area contributed by atoms with Crippen LogP contribution in [0.4, 0.5) is 0 Å². The van der Waals surface area contributed by atoms with E-state index in [0.717, 1.165) is 38.1 Å². The number of phenolic OH excluding ortho intramolecular Hbond substituents is 5. The lowest BCUT2D eigenvalue weighted by Gasteiger charge is -2.43. The molecule has 322 valence electrons. The molecule has 2 heterocycles. The van der Waals surface area contributed by atoms with Crippen LogP contribution in [0.1, 0.15) is 25.0 Å². The first-order chi connectivity index (χ1) is 29.6. The highest BCUT2D eigenvalue weighted by molar-refractivity contribution is 5.89. The fourth-order valence-electron chi connectivity index (χ4n) is 6.25. The van der Waals surface area contributed by atoms with Crippen molar-refractivity contribution in [1.82, 2.24) is 0 Å². The second-order valence-corrected chi connectivity index (χ2v) is 13.5. The number of carbonyl (C=O) groups is 4. The highest BCUT2D eigenvalue weighted by atomic mass is 16.7. The lowest BCUT2D eigenvalue weighted by Crippen LogP contribution is -2.63. The molecule has 5 N–H and O–H groups in total. The van der Waals surface area contributed by atoms with Crippen LogP contribution in [0.2, 0.25) is 0 Å². The van der Waals surface area contributed by atoms with Gasteiger partial charge in [-0.05, 0) is 71.8 Å². The number of aromatic hydroxyl groups is 5. The molecule has 5 unspecified atom stereocenters. The summed E-state index contributed by atoms with van der Waals surface area (Å²) in [5.41, 5.74) is -0.346. The summed E-state index contributed by atoms with van der Waals surface area (Å²) in [4.78, 5) is 66.3. The first kappa shape index (κ1) is 43.6. The van der Waals surface area contributed by atoms with Crippen LogP contribution in [-0.4, -0.2) is 93.8 Å². The summed E-state index contributed by atoms with van der Waals surface area (Å²) in [7, 11) is 1.33. The number of rotatable bonds is 13. The van der Waals surface area contributed by atoms with Gasteiger partial charge in [0.15, 0.2) is 29.5 Å². The Labute approximate surface area is 350 Å². The zero-order valence-electron chi connectivity index (χ0n) is 33.0. The highest BCUT2D eigenvalue weighted by Gasteiger charge is 2.54. The smallest absolute Gasteiger partial charge is 0.331 e. The number of methoxy groups -OCH3 is 1. The molecule has 0 amide bonds. The van der Waals surface area contributed by atoms with Crippen molar-refractivity contribution >= 4 is 47.0 Å². The van der Waals surface area contributed by atoms with Gasteiger partial charge in [0.25, 0.3) is 0 Å². The van der Waals surface area contributed by atoms with Gasteiger partial charge in [0, 0.05) is 43.7 Å². The van der Waals surface area contributed by atoms with Crippen LogP contribution in [0.15, 0.2) is 100 Å². The van der Waals surface area contributed by atoms with Crippen LogP contribution in [0.25, 0.3) is 34.4 Å². The summed E-state index contributed by atoms with van der Waals surface area (Å²) in [6.45, 7) is 1.41. The van der Waals surface area contributed by atoms with Crippen LogP contribution in [0.3, 0.4) is 0 Å². The van der Waals surface area contributed by atoms with Gasteiger partial charge >= 0.3 is 23.9 Å². The molecule has 5 aromatic rings. The molecular weight excluding hydrogens is 816 g/mol. The van der Waals surface area contributed by atoms with Crippen LogP contribution in [0, 0.1) is 0 Å². The molecule has 18 heteroatoms. The predicted octanol–water partition coefficient (Wildman–Crippen LogP) is 4.85. The molecule has 0 aliphatic carbocycles. The average molecular weight is 855 g/mol. The number of carbonyl (C=O) groups excluding carboxylic acids is 4. The Balaban J connectivity index is 1.47. The molecule has 1 saturated heterocycles. The van der Waals surface area contributed by atoms with Crippen molar-refractivity contribution in [3.8, 4) is 51.6 Å². The minimum Gasteiger partial charge on any atom is -0.508 e. The minimum atomic E-state index is -1.99. The van der Waals surface area contributed by atoms with E-state index < -0.39 is 89.3 Å². The molecule has 1 aliphatic heterocycles. The minimum absolute atomic E-state index is 0.0372. The molecule has 18 nitrogen and oxygen atoms in total. The molecular formula is C44H38O18. The summed E-state index contributed by atoms with van der Waals surface area (Å²) < 4.78 is 46.0. The third-order valence-corrected chi connectivity index (χ3v) is 9.05. The van der Waals surface area contributed by atoms with E-state index in [1.165, 1.54) is 86.0 Å². The third kappa shape index (κ3) is 10.4. The second kappa shape index (κ2) is 18.9. The van der Waals surface area contributed by atoms with Crippen molar-refractivity contribution in [1.29, 1.82) is 0 Å². The van der Waals surface area contributed by atoms with Gasteiger partial charge in [-0.1, -0.05) is 18.2 Å². The van der Waals surface area contributed by atoms with Crippen molar-refractivity contribution in [2.24, 2.45) is 0 Å². The van der Waals surface area contributed by atoms with Crippen molar-refractivity contribution in [3.05, 3.63) is 112 Å². The van der Waals surface area contributed by atoms with Crippen LogP contribution < -0.4 is 14.9 Å². The highest BCUT2D eigenvalue weighted by Crippen LogP contribution is 2.39. The molecule has 1 aliphatic rings. The first-order valence-electron chi connectivity index (χ1n) is 18.5. The van der Waals surface area contributed by atoms with E-state index in [1.807, 2.05) is 0 Å². The zero-order chi connectivity index (χ0) is 44.7. The lowest BCUT2D eigenvalue weighted by molar-refractivity contribution is -0.287. The van der Waals surface area contributed by atoms with E-state index in [0.29, 0.717) is 11.1 Å². The number of phenols is 5. The molecule has 0 bridgehead atoms. The fraction of sp³-hybridized carbons (Fsp3) is 0.205. The summed E-state index contributed by atoms with van der Waals surface area (Å²) >= 11 is 0. The number of hydrogen-bond acceptors (Lipinski definition) is 18. The maximum absolute atomic E-state index is 14.3. The SMILES string of the molecule is COc1cc(C=CC(=O)OC2C(COC(C)=O)OC(Oc3c(-c4ccc(O)cc4)oc4cc(O)cc(O)c4c3=O)C(OC(=O)C=Cc3ccc(O)cc3)C2OC(C)=O)ccc1O. The molecule has 1 aromatic heterocycles. The zero-order valence-corrected chi connectivity index (χ0v) is 33.0. The van der Waals surface area contributed by atoms with Gasteiger partial charge in [-0.25, -0.2) is 9.59 Å². The molecule has 5 atom stereocenters. The predicted molar refractivity (Wildman–Crippen MR) is 215 cm³/mol. The quantitative estimate of drug-likeness (QED) is 0.0602. The van der Waals surface area contributed by atoms with Gasteiger partial charge in [-0.15, -0.1) is 0 Å². The Kier molecular flexibility index (Phi) is 13.3. The molecule has 6 rings (SSSR count). The second-order valence-electron chi connectivity index (χ2n) is 13.5. The Morgan fingerprint density at radius 1 is 0.677 bits per heavy atom. The molecule has 0 spiro atoms. The summed E-state index contributed by atoms with van der Waals surface area (Å²) in [5, 5.41) is 50.2. The molecule has 1 fully saturated rings.